The van der Waals surface area contributed by atoms with Crippen LogP contribution in [0.5, 0.6) is 0 Å². The van der Waals surface area contributed by atoms with Gasteiger partial charge in [0.05, 0.1) is 21.7 Å². The number of aryl methyl sites for hydroxylation is 1. The minimum Gasteiger partial charge on any atom is -0.384 e. The van der Waals surface area contributed by atoms with Crippen LogP contribution in [0.4, 0.5) is 11.5 Å². The Morgan fingerprint density at radius 1 is 1.14 bits per heavy atom. The molecule has 4 rings (SSSR count). The Morgan fingerprint density at radius 2 is 1.93 bits per heavy atom. The highest BCUT2D eigenvalue weighted by Crippen LogP contribution is 2.25. The first kappa shape index (κ1) is 17.7. The zero-order valence-electron chi connectivity index (χ0n) is 14.6. The number of fused-ring (bicyclic) bond motifs is 1. The number of pyridine rings is 1. The van der Waals surface area contributed by atoms with Crippen molar-refractivity contribution < 1.29 is 14.4 Å². The smallest absolute Gasteiger partial charge is 0.265 e. The number of carbonyl (C=O) groups excluding carboxylic acids is 3. The summed E-state index contributed by atoms with van der Waals surface area (Å²) in [6.07, 6.45) is 0. The fourth-order valence-corrected chi connectivity index (χ4v) is 3.68. The van der Waals surface area contributed by atoms with E-state index >= 15 is 0 Å². The maximum atomic E-state index is 12.5. The van der Waals surface area contributed by atoms with Crippen LogP contribution in [0.2, 0.25) is 0 Å². The van der Waals surface area contributed by atoms with E-state index in [9.17, 15) is 19.2 Å². The Balaban J connectivity index is 1.74. The van der Waals surface area contributed by atoms with E-state index in [0.717, 1.165) is 10.6 Å². The first-order valence-electron chi connectivity index (χ1n) is 8.24. The monoisotopic (exact) mass is 394 g/mol. The SMILES string of the molecule is Cc1cc(-n2c(N)c3c(cc2=O)C(=O)NC3=O)ccc1NC(=O)c1cccs1. The van der Waals surface area contributed by atoms with Crippen molar-refractivity contribution in [3.63, 3.8) is 0 Å². The molecule has 0 fully saturated rings. The Labute approximate surface area is 162 Å². The third-order valence-corrected chi connectivity index (χ3v) is 5.28. The molecular formula is C19H14N4O4S. The lowest BCUT2D eigenvalue weighted by Gasteiger charge is -2.14. The fourth-order valence-electron chi connectivity index (χ4n) is 3.06. The number of imide groups is 1. The average Bonchev–Trinajstić information content (AvgIpc) is 3.26. The van der Waals surface area contributed by atoms with Gasteiger partial charge in [-0.15, -0.1) is 11.3 Å². The Morgan fingerprint density at radius 3 is 2.61 bits per heavy atom. The molecule has 28 heavy (non-hydrogen) atoms. The van der Waals surface area contributed by atoms with Crippen molar-refractivity contribution in [2.24, 2.45) is 0 Å². The van der Waals surface area contributed by atoms with E-state index in [-0.39, 0.29) is 22.9 Å². The number of aromatic nitrogens is 1. The standard InChI is InChI=1S/C19H14N4O4S/c1-9-7-10(4-5-12(9)21-18(26)13-3-2-6-28-13)23-14(24)8-11-15(16(23)20)19(27)22-17(11)25/h2-8H,20H2,1H3,(H,21,26)(H,22,25,27). The van der Waals surface area contributed by atoms with E-state index < -0.39 is 17.4 Å². The van der Waals surface area contributed by atoms with Crippen LogP contribution in [0, 0.1) is 6.92 Å². The van der Waals surface area contributed by atoms with Crippen molar-refractivity contribution in [3.8, 4) is 5.69 Å². The van der Waals surface area contributed by atoms with E-state index in [1.165, 1.54) is 11.3 Å². The molecule has 8 nitrogen and oxygen atoms in total. The van der Waals surface area contributed by atoms with Gasteiger partial charge in [-0.05, 0) is 42.1 Å². The lowest BCUT2D eigenvalue weighted by atomic mass is 10.1. The van der Waals surface area contributed by atoms with Crippen molar-refractivity contribution >= 4 is 40.6 Å². The minimum absolute atomic E-state index is 0.0164. The molecule has 2 aromatic heterocycles. The van der Waals surface area contributed by atoms with Crippen molar-refractivity contribution in [2.75, 3.05) is 11.1 Å². The molecule has 0 unspecified atom stereocenters. The molecule has 3 heterocycles. The molecule has 9 heteroatoms. The molecule has 0 bridgehead atoms. The van der Waals surface area contributed by atoms with Crippen molar-refractivity contribution in [2.45, 2.75) is 6.92 Å². The van der Waals surface area contributed by atoms with Crippen LogP contribution in [0.3, 0.4) is 0 Å². The second-order valence-corrected chi connectivity index (χ2v) is 7.15. The zero-order valence-corrected chi connectivity index (χ0v) is 15.4. The Bertz CT molecular complexity index is 1210. The highest BCUT2D eigenvalue weighted by atomic mass is 32.1. The second-order valence-electron chi connectivity index (χ2n) is 6.21. The number of rotatable bonds is 3. The first-order valence-corrected chi connectivity index (χ1v) is 9.12. The van der Waals surface area contributed by atoms with Crippen LogP contribution in [0.15, 0.2) is 46.6 Å². The topological polar surface area (TPSA) is 123 Å². The van der Waals surface area contributed by atoms with E-state index in [2.05, 4.69) is 10.6 Å². The van der Waals surface area contributed by atoms with Crippen LogP contribution < -0.4 is 21.9 Å². The number of benzene rings is 1. The molecular weight excluding hydrogens is 380 g/mol. The van der Waals surface area contributed by atoms with Gasteiger partial charge >= 0.3 is 0 Å². The number of hydrogen-bond donors (Lipinski definition) is 3. The van der Waals surface area contributed by atoms with Gasteiger partial charge in [-0.1, -0.05) is 6.07 Å². The van der Waals surface area contributed by atoms with Crippen LogP contribution in [0.25, 0.3) is 5.69 Å². The number of nitrogen functional groups attached to an aromatic ring is 1. The molecule has 0 saturated carbocycles. The summed E-state index contributed by atoms with van der Waals surface area (Å²) in [4.78, 5) is 49.0. The summed E-state index contributed by atoms with van der Waals surface area (Å²) in [6, 6.07) is 9.54. The average molecular weight is 394 g/mol. The molecule has 140 valence electrons. The number of nitrogens with zero attached hydrogens (tertiary/aromatic N) is 1. The molecule has 0 saturated heterocycles. The van der Waals surface area contributed by atoms with Gasteiger partial charge in [0.15, 0.2) is 0 Å². The summed E-state index contributed by atoms with van der Waals surface area (Å²) < 4.78 is 1.16. The normalized spacial score (nSPS) is 12.6. The third kappa shape index (κ3) is 2.78. The predicted molar refractivity (Wildman–Crippen MR) is 105 cm³/mol. The number of hydrogen-bond acceptors (Lipinski definition) is 6. The molecule has 1 aromatic carbocycles. The Kier molecular flexibility index (Phi) is 4.08. The lowest BCUT2D eigenvalue weighted by molar-refractivity contribution is 0.0879. The van der Waals surface area contributed by atoms with Gasteiger partial charge in [-0.25, -0.2) is 0 Å². The number of amides is 3. The van der Waals surface area contributed by atoms with E-state index in [0.29, 0.717) is 21.8 Å². The van der Waals surface area contributed by atoms with Crippen LogP contribution in [-0.2, 0) is 0 Å². The third-order valence-electron chi connectivity index (χ3n) is 4.41. The van der Waals surface area contributed by atoms with Gasteiger partial charge in [0.1, 0.15) is 5.82 Å². The van der Waals surface area contributed by atoms with Crippen molar-refractivity contribution in [3.05, 3.63) is 73.7 Å². The largest absolute Gasteiger partial charge is 0.384 e. The molecule has 3 amide bonds. The minimum atomic E-state index is -0.640. The first-order chi connectivity index (χ1) is 13.4. The highest BCUT2D eigenvalue weighted by Gasteiger charge is 2.31. The molecule has 4 N–H and O–H groups in total. The van der Waals surface area contributed by atoms with Gasteiger partial charge in [-0.2, -0.15) is 0 Å². The molecule has 0 atom stereocenters. The second kappa shape index (κ2) is 6.46. The number of carbonyl (C=O) groups is 3. The van der Waals surface area contributed by atoms with Gasteiger partial charge in [0.25, 0.3) is 23.3 Å². The number of thiophene rings is 1. The Hall–Kier alpha value is -3.72. The number of nitrogens with one attached hydrogen (secondary N) is 2. The number of nitrogens with two attached hydrogens (primary N) is 1. The molecule has 1 aliphatic rings. The number of anilines is 2. The van der Waals surface area contributed by atoms with Crippen LogP contribution >= 0.6 is 11.3 Å². The van der Waals surface area contributed by atoms with Gasteiger partial charge in [-0.3, -0.25) is 29.1 Å². The van der Waals surface area contributed by atoms with Crippen LogP contribution in [0.1, 0.15) is 36.0 Å². The molecule has 3 aromatic rings. The summed E-state index contributed by atoms with van der Waals surface area (Å²) >= 11 is 1.33. The zero-order chi connectivity index (χ0) is 20.0. The van der Waals surface area contributed by atoms with E-state index in [4.69, 9.17) is 5.73 Å². The summed E-state index contributed by atoms with van der Waals surface area (Å²) in [7, 11) is 0. The van der Waals surface area contributed by atoms with Crippen molar-refractivity contribution in [1.29, 1.82) is 0 Å². The molecule has 0 aliphatic carbocycles. The van der Waals surface area contributed by atoms with Crippen molar-refractivity contribution in [1.82, 2.24) is 9.88 Å². The van der Waals surface area contributed by atoms with Gasteiger partial charge in [0.2, 0.25) is 0 Å². The molecule has 0 radical (unpaired) electrons. The van der Waals surface area contributed by atoms with E-state index in [1.54, 1.807) is 37.3 Å². The highest BCUT2D eigenvalue weighted by molar-refractivity contribution is 7.12. The maximum Gasteiger partial charge on any atom is 0.265 e. The summed E-state index contributed by atoms with van der Waals surface area (Å²) in [5.41, 5.74) is 7.17. The molecule has 0 spiro atoms. The molecule has 1 aliphatic heterocycles. The lowest BCUT2D eigenvalue weighted by Crippen LogP contribution is -2.24. The van der Waals surface area contributed by atoms with Crippen LogP contribution in [-0.4, -0.2) is 22.3 Å². The predicted octanol–water partition coefficient (Wildman–Crippen LogP) is 1.93. The summed E-state index contributed by atoms with van der Waals surface area (Å²) in [6.45, 7) is 1.78. The maximum absolute atomic E-state index is 12.5. The summed E-state index contributed by atoms with van der Waals surface area (Å²) in [5, 5.41) is 6.76. The van der Waals surface area contributed by atoms with Gasteiger partial charge < -0.3 is 11.1 Å². The fraction of sp³-hybridized carbons (Fsp3) is 0.0526. The van der Waals surface area contributed by atoms with Gasteiger partial charge in [0, 0.05) is 11.8 Å². The quantitative estimate of drug-likeness (QED) is 0.586. The summed E-state index contributed by atoms with van der Waals surface area (Å²) in [5.74, 6) is -1.61. The van der Waals surface area contributed by atoms with E-state index in [1.807, 2.05) is 5.38 Å².